The van der Waals surface area contributed by atoms with Gasteiger partial charge in [-0.3, -0.25) is 14.5 Å². The van der Waals surface area contributed by atoms with Gasteiger partial charge in [0.25, 0.3) is 5.91 Å². The predicted octanol–water partition coefficient (Wildman–Crippen LogP) is 6.01. The zero-order chi connectivity index (χ0) is 34.5. The number of carbonyl (C=O) groups excluding carboxylic acids is 3. The van der Waals surface area contributed by atoms with E-state index < -0.39 is 5.82 Å². The van der Waals surface area contributed by atoms with Crippen molar-refractivity contribution in [2.75, 3.05) is 45.9 Å². The first-order valence-corrected chi connectivity index (χ1v) is 18.4. The van der Waals surface area contributed by atoms with Crippen LogP contribution in [-0.4, -0.2) is 98.8 Å². The van der Waals surface area contributed by atoms with E-state index in [1.54, 1.807) is 20.3 Å². The molecule has 2 saturated heterocycles. The molecule has 1 saturated carbocycles. The lowest BCUT2D eigenvalue weighted by Crippen LogP contribution is -2.49. The number of halogens is 1. The van der Waals surface area contributed by atoms with Crippen molar-refractivity contribution in [1.29, 1.82) is 0 Å². The standard InChI is InChI=1S/C38H48FN3O6S/c1-24-14-26(34(39)17-35(24)40-38(45)33-23-49-36-7-5-4-6-32(33)36)15-37(44)41-18-29(42-27(20-46-2)10-11-28(42)21-47-3)16-30(41)22-48-31-12-8-25(19-43)9-13-31/h4-7,14,17,19,23,25,27-31H,8-13,15-16,18,20-22H2,1-3H3,(H,40,45)/t25-,27-,28-,29+,30+,31-/m1/s1. The highest BCUT2D eigenvalue weighted by atomic mass is 32.1. The number of nitrogens with zero attached hydrogens (tertiary/aromatic N) is 2. The third kappa shape index (κ3) is 8.07. The average Bonchev–Trinajstić information content (AvgIpc) is 3.83. The maximum atomic E-state index is 15.7. The molecule has 1 N–H and O–H groups in total. The van der Waals surface area contributed by atoms with Gasteiger partial charge in [-0.05, 0) is 75.1 Å². The number of carbonyl (C=O) groups is 3. The number of amides is 2. The Bertz CT molecular complexity index is 1610. The molecule has 0 spiro atoms. The van der Waals surface area contributed by atoms with Crippen LogP contribution < -0.4 is 5.32 Å². The Kier molecular flexibility index (Phi) is 11.8. The number of aryl methyl sites for hydroxylation is 1. The van der Waals surface area contributed by atoms with Gasteiger partial charge >= 0.3 is 0 Å². The Morgan fingerprint density at radius 3 is 2.39 bits per heavy atom. The van der Waals surface area contributed by atoms with Crippen molar-refractivity contribution in [2.45, 2.75) is 88.6 Å². The number of aldehydes is 1. The van der Waals surface area contributed by atoms with E-state index in [9.17, 15) is 14.4 Å². The van der Waals surface area contributed by atoms with Crippen LogP contribution in [0.1, 0.15) is 66.4 Å². The predicted molar refractivity (Wildman–Crippen MR) is 189 cm³/mol. The third-order valence-electron chi connectivity index (χ3n) is 10.7. The lowest BCUT2D eigenvalue weighted by atomic mass is 9.88. The van der Waals surface area contributed by atoms with Gasteiger partial charge in [0.2, 0.25) is 5.91 Å². The van der Waals surface area contributed by atoms with Gasteiger partial charge in [-0.25, -0.2) is 4.39 Å². The highest BCUT2D eigenvalue weighted by molar-refractivity contribution is 7.17. The molecule has 6 rings (SSSR count). The second-order valence-electron chi connectivity index (χ2n) is 13.9. The molecule has 0 radical (unpaired) electrons. The van der Waals surface area contributed by atoms with Gasteiger partial charge in [-0.15, -0.1) is 11.3 Å². The maximum Gasteiger partial charge on any atom is 0.257 e. The van der Waals surface area contributed by atoms with Crippen molar-refractivity contribution < 1.29 is 33.0 Å². The number of anilines is 1. The number of fused-ring (bicyclic) bond motifs is 1. The van der Waals surface area contributed by atoms with E-state index >= 15 is 4.39 Å². The zero-order valence-electron chi connectivity index (χ0n) is 28.7. The van der Waals surface area contributed by atoms with Gasteiger partial charge in [0, 0.05) is 66.0 Å². The number of ether oxygens (including phenoxy) is 3. The molecular weight excluding hydrogens is 645 g/mol. The molecule has 1 aromatic heterocycles. The van der Waals surface area contributed by atoms with Crippen molar-refractivity contribution in [3.63, 3.8) is 0 Å². The third-order valence-corrected chi connectivity index (χ3v) is 11.6. The van der Waals surface area contributed by atoms with E-state index in [0.29, 0.717) is 48.7 Å². The first-order chi connectivity index (χ1) is 23.8. The van der Waals surface area contributed by atoms with Gasteiger partial charge in [0.1, 0.15) is 12.1 Å². The monoisotopic (exact) mass is 693 g/mol. The summed E-state index contributed by atoms with van der Waals surface area (Å²) >= 11 is 1.49. The Balaban J connectivity index is 1.17. The van der Waals surface area contributed by atoms with Gasteiger partial charge in [0.05, 0.1) is 44.0 Å². The fraction of sp³-hybridized carbons (Fsp3) is 0.553. The minimum atomic E-state index is -0.528. The fourth-order valence-electron chi connectivity index (χ4n) is 8.13. The van der Waals surface area contributed by atoms with Gasteiger partial charge in [0.15, 0.2) is 0 Å². The van der Waals surface area contributed by atoms with E-state index in [2.05, 4.69) is 10.2 Å². The SMILES string of the molecule is COC[C@H]1CC[C@H](COC)N1[C@H]1C[C@@H](CO[C@H]2CC[C@H](C=O)CC2)N(C(=O)Cc2cc(C)c(NC(=O)c3csc4ccccc34)cc2F)C1. The number of benzene rings is 2. The second kappa shape index (κ2) is 16.2. The summed E-state index contributed by atoms with van der Waals surface area (Å²) < 4.78 is 34.3. The second-order valence-corrected chi connectivity index (χ2v) is 14.8. The largest absolute Gasteiger partial charge is 0.383 e. The van der Waals surface area contributed by atoms with Crippen LogP contribution in [0.15, 0.2) is 41.8 Å². The minimum Gasteiger partial charge on any atom is -0.383 e. The smallest absolute Gasteiger partial charge is 0.257 e. The number of methoxy groups -OCH3 is 2. The van der Waals surface area contributed by atoms with Crippen molar-refractivity contribution in [2.24, 2.45) is 5.92 Å². The highest BCUT2D eigenvalue weighted by Crippen LogP contribution is 2.35. The first-order valence-electron chi connectivity index (χ1n) is 17.5. The van der Waals surface area contributed by atoms with E-state index in [0.717, 1.165) is 61.3 Å². The molecule has 0 bridgehead atoms. The summed E-state index contributed by atoms with van der Waals surface area (Å²) in [4.78, 5) is 42.9. The first kappa shape index (κ1) is 35.6. The van der Waals surface area contributed by atoms with Crippen molar-refractivity contribution in [3.05, 3.63) is 64.3 Å². The van der Waals surface area contributed by atoms with E-state index in [4.69, 9.17) is 14.2 Å². The average molecular weight is 694 g/mol. The van der Waals surface area contributed by atoms with Crippen LogP contribution in [0.4, 0.5) is 10.1 Å². The number of nitrogens with one attached hydrogen (secondary N) is 1. The van der Waals surface area contributed by atoms with Crippen LogP contribution in [-0.2, 0) is 30.2 Å². The van der Waals surface area contributed by atoms with Gasteiger partial charge < -0.3 is 29.2 Å². The molecule has 2 aromatic carbocycles. The minimum absolute atomic E-state index is 0.0661. The Hall–Kier alpha value is -3.22. The molecule has 4 atom stereocenters. The summed E-state index contributed by atoms with van der Waals surface area (Å²) in [7, 11) is 3.44. The topological polar surface area (TPSA) is 97.4 Å². The Morgan fingerprint density at radius 1 is 0.980 bits per heavy atom. The van der Waals surface area contributed by atoms with E-state index in [-0.39, 0.29) is 54.4 Å². The molecule has 0 unspecified atom stereocenters. The van der Waals surface area contributed by atoms with Crippen molar-refractivity contribution in [3.8, 4) is 0 Å². The zero-order valence-corrected chi connectivity index (χ0v) is 29.5. The lowest BCUT2D eigenvalue weighted by Gasteiger charge is -2.35. The number of rotatable bonds is 13. The van der Waals surface area contributed by atoms with Crippen LogP contribution >= 0.6 is 11.3 Å². The molecule has 2 amide bonds. The summed E-state index contributed by atoms with van der Waals surface area (Å²) in [5.41, 5.74) is 1.91. The normalized spacial score (nSPS) is 26.0. The molecule has 264 valence electrons. The molecule has 1 aliphatic carbocycles. The lowest BCUT2D eigenvalue weighted by molar-refractivity contribution is -0.133. The van der Waals surface area contributed by atoms with Crippen LogP contribution in [0.5, 0.6) is 0 Å². The fourth-order valence-corrected chi connectivity index (χ4v) is 9.07. The quantitative estimate of drug-likeness (QED) is 0.219. The Morgan fingerprint density at radius 2 is 1.69 bits per heavy atom. The van der Waals surface area contributed by atoms with E-state index in [1.165, 1.54) is 17.4 Å². The molecule has 2 aliphatic heterocycles. The van der Waals surface area contributed by atoms with Crippen LogP contribution in [0.3, 0.4) is 0 Å². The molecule has 3 fully saturated rings. The van der Waals surface area contributed by atoms with Crippen LogP contribution in [0.25, 0.3) is 10.1 Å². The van der Waals surface area contributed by atoms with Crippen molar-refractivity contribution in [1.82, 2.24) is 9.80 Å². The Labute approximate surface area is 292 Å². The summed E-state index contributed by atoms with van der Waals surface area (Å²) in [5, 5.41) is 5.55. The highest BCUT2D eigenvalue weighted by Gasteiger charge is 2.45. The van der Waals surface area contributed by atoms with Crippen molar-refractivity contribution >= 4 is 45.2 Å². The summed E-state index contributed by atoms with van der Waals surface area (Å²) in [5.74, 6) is -0.867. The number of likely N-dealkylation sites (tertiary alicyclic amines) is 2. The van der Waals surface area contributed by atoms with E-state index in [1.807, 2.05) is 41.5 Å². The summed E-state index contributed by atoms with van der Waals surface area (Å²) in [6, 6.07) is 11.1. The summed E-state index contributed by atoms with van der Waals surface area (Å²) in [6.45, 7) is 3.97. The molecule has 3 aromatic rings. The molecule has 11 heteroatoms. The van der Waals surface area contributed by atoms with Gasteiger partial charge in [-0.2, -0.15) is 0 Å². The summed E-state index contributed by atoms with van der Waals surface area (Å²) in [6.07, 6.45) is 7.11. The number of hydrogen-bond donors (Lipinski definition) is 1. The molecular formula is C38H48FN3O6S. The number of thiophene rings is 1. The van der Waals surface area contributed by atoms with Gasteiger partial charge in [-0.1, -0.05) is 24.3 Å². The van der Waals surface area contributed by atoms with Crippen LogP contribution in [0.2, 0.25) is 0 Å². The maximum absolute atomic E-state index is 15.7. The molecule has 9 nitrogen and oxygen atoms in total. The molecule has 49 heavy (non-hydrogen) atoms. The molecule has 3 aliphatic rings. The number of hydrogen-bond acceptors (Lipinski definition) is 8. The van der Waals surface area contributed by atoms with Crippen LogP contribution in [0, 0.1) is 18.7 Å². The molecule has 3 heterocycles.